The quantitative estimate of drug-likeness (QED) is 0.692. The summed E-state index contributed by atoms with van der Waals surface area (Å²) in [5, 5.41) is 0. The van der Waals surface area contributed by atoms with Crippen LogP contribution in [0.5, 0.6) is 0 Å². The molecule has 2 rings (SSSR count). The number of ether oxygens (including phenoxy) is 1. The summed E-state index contributed by atoms with van der Waals surface area (Å²) >= 11 is 1.59. The van der Waals surface area contributed by atoms with Gasteiger partial charge in [0.05, 0.1) is 24.6 Å². The molecular weight excluding hydrogens is 326 g/mol. The van der Waals surface area contributed by atoms with Gasteiger partial charge in [0.15, 0.2) is 0 Å². The number of thioether (sulfide) groups is 1. The van der Waals surface area contributed by atoms with Gasteiger partial charge in [-0.3, -0.25) is 19.5 Å². The first kappa shape index (κ1) is 18.7. The summed E-state index contributed by atoms with van der Waals surface area (Å²) in [5.41, 5.74) is 0.992. The van der Waals surface area contributed by atoms with Gasteiger partial charge in [-0.25, -0.2) is 0 Å². The third-order valence-corrected chi connectivity index (χ3v) is 4.75. The van der Waals surface area contributed by atoms with E-state index >= 15 is 0 Å². The predicted molar refractivity (Wildman–Crippen MR) is 94.7 cm³/mol. The molecule has 1 aliphatic heterocycles. The largest absolute Gasteiger partial charge is 0.465 e. The Morgan fingerprint density at radius 1 is 1.25 bits per heavy atom. The first-order valence-corrected chi connectivity index (χ1v) is 9.48. The lowest BCUT2D eigenvalue weighted by molar-refractivity contribution is -0.144. The van der Waals surface area contributed by atoms with Gasteiger partial charge in [-0.05, 0) is 25.5 Å². The zero-order valence-corrected chi connectivity index (χ0v) is 15.0. The Morgan fingerprint density at radius 2 is 2.12 bits per heavy atom. The predicted octanol–water partition coefficient (Wildman–Crippen LogP) is 1.41. The SMILES string of the molecule is CCOC(=O)CN1CCCN(C(=O)CSCc2ccccn2)CC1. The summed E-state index contributed by atoms with van der Waals surface area (Å²) in [6.07, 6.45) is 2.65. The van der Waals surface area contributed by atoms with Crippen molar-refractivity contribution in [2.75, 3.05) is 45.1 Å². The number of pyridine rings is 1. The molecule has 1 aliphatic rings. The van der Waals surface area contributed by atoms with Crippen molar-refractivity contribution in [1.29, 1.82) is 0 Å². The fourth-order valence-corrected chi connectivity index (χ4v) is 3.42. The van der Waals surface area contributed by atoms with Crippen LogP contribution in [0.15, 0.2) is 24.4 Å². The Hall–Kier alpha value is -1.60. The number of amides is 1. The van der Waals surface area contributed by atoms with Gasteiger partial charge in [-0.15, -0.1) is 11.8 Å². The topological polar surface area (TPSA) is 62.7 Å². The molecule has 0 bridgehead atoms. The molecule has 132 valence electrons. The lowest BCUT2D eigenvalue weighted by Gasteiger charge is -2.21. The second-order valence-corrected chi connectivity index (χ2v) is 6.61. The number of aromatic nitrogens is 1. The van der Waals surface area contributed by atoms with Crippen molar-refractivity contribution in [3.05, 3.63) is 30.1 Å². The van der Waals surface area contributed by atoms with Crippen molar-refractivity contribution in [2.45, 2.75) is 19.1 Å². The van der Waals surface area contributed by atoms with E-state index in [4.69, 9.17) is 4.74 Å². The van der Waals surface area contributed by atoms with E-state index in [0.717, 1.165) is 37.5 Å². The van der Waals surface area contributed by atoms with Crippen molar-refractivity contribution >= 4 is 23.6 Å². The zero-order chi connectivity index (χ0) is 17.2. The standard InChI is InChI=1S/C17H25N3O3S/c1-2-23-17(22)12-19-8-5-9-20(11-10-19)16(21)14-24-13-15-6-3-4-7-18-15/h3-4,6-7H,2,5,8-14H2,1H3. The molecule has 0 unspecified atom stereocenters. The van der Waals surface area contributed by atoms with E-state index < -0.39 is 0 Å². The Balaban J connectivity index is 1.70. The van der Waals surface area contributed by atoms with E-state index in [1.165, 1.54) is 0 Å². The van der Waals surface area contributed by atoms with Gasteiger partial charge in [0.2, 0.25) is 5.91 Å². The van der Waals surface area contributed by atoms with Gasteiger partial charge in [-0.1, -0.05) is 6.07 Å². The number of hydrogen-bond acceptors (Lipinski definition) is 6. The van der Waals surface area contributed by atoms with Crippen molar-refractivity contribution in [3.63, 3.8) is 0 Å². The first-order valence-electron chi connectivity index (χ1n) is 8.32. The number of nitrogens with zero attached hydrogens (tertiary/aromatic N) is 3. The van der Waals surface area contributed by atoms with E-state index in [9.17, 15) is 9.59 Å². The average molecular weight is 351 g/mol. The second kappa shape index (κ2) is 10.3. The molecule has 1 saturated heterocycles. The fourth-order valence-electron chi connectivity index (χ4n) is 2.59. The highest BCUT2D eigenvalue weighted by Gasteiger charge is 2.20. The molecule has 0 saturated carbocycles. The number of rotatable bonds is 7. The maximum absolute atomic E-state index is 12.3. The molecule has 7 heteroatoms. The van der Waals surface area contributed by atoms with E-state index in [0.29, 0.717) is 25.4 Å². The minimum atomic E-state index is -0.191. The van der Waals surface area contributed by atoms with Gasteiger partial charge >= 0.3 is 5.97 Å². The molecule has 1 amide bonds. The van der Waals surface area contributed by atoms with Crippen LogP contribution in [0.2, 0.25) is 0 Å². The van der Waals surface area contributed by atoms with E-state index in [-0.39, 0.29) is 11.9 Å². The maximum Gasteiger partial charge on any atom is 0.320 e. The number of hydrogen-bond donors (Lipinski definition) is 0. The van der Waals surface area contributed by atoms with Gasteiger partial charge in [0, 0.05) is 38.1 Å². The Kier molecular flexibility index (Phi) is 8.04. The summed E-state index contributed by atoms with van der Waals surface area (Å²) in [5.74, 6) is 1.18. The van der Waals surface area contributed by atoms with Crippen LogP contribution in [-0.4, -0.2) is 71.7 Å². The summed E-state index contributed by atoms with van der Waals surface area (Å²) in [6.45, 7) is 5.49. The molecule has 24 heavy (non-hydrogen) atoms. The van der Waals surface area contributed by atoms with E-state index in [1.807, 2.05) is 30.0 Å². The third-order valence-electron chi connectivity index (χ3n) is 3.80. The number of carbonyl (C=O) groups excluding carboxylic acids is 2. The third kappa shape index (κ3) is 6.49. The van der Waals surface area contributed by atoms with Gasteiger partial charge in [-0.2, -0.15) is 0 Å². The smallest absolute Gasteiger partial charge is 0.320 e. The average Bonchev–Trinajstić information content (AvgIpc) is 2.81. The fraction of sp³-hybridized carbons (Fsp3) is 0.588. The monoisotopic (exact) mass is 351 g/mol. The molecule has 1 aromatic heterocycles. The molecule has 0 atom stereocenters. The summed E-state index contributed by atoms with van der Waals surface area (Å²) in [4.78, 5) is 32.1. The van der Waals surface area contributed by atoms with Crippen molar-refractivity contribution < 1.29 is 14.3 Å². The van der Waals surface area contributed by atoms with Gasteiger partial charge < -0.3 is 9.64 Å². The number of carbonyl (C=O) groups is 2. The van der Waals surface area contributed by atoms with Crippen molar-refractivity contribution in [3.8, 4) is 0 Å². The molecular formula is C17H25N3O3S. The summed E-state index contributed by atoms with van der Waals surface area (Å²) < 4.78 is 4.98. The highest BCUT2D eigenvalue weighted by molar-refractivity contribution is 7.99. The van der Waals surface area contributed by atoms with Crippen molar-refractivity contribution in [2.24, 2.45) is 0 Å². The van der Waals surface area contributed by atoms with Crippen LogP contribution < -0.4 is 0 Å². The first-order chi connectivity index (χ1) is 11.7. The summed E-state index contributed by atoms with van der Waals surface area (Å²) in [6, 6.07) is 5.81. The molecule has 1 aromatic rings. The molecule has 2 heterocycles. The molecule has 6 nitrogen and oxygen atoms in total. The summed E-state index contributed by atoms with van der Waals surface area (Å²) in [7, 11) is 0. The minimum Gasteiger partial charge on any atom is -0.465 e. The van der Waals surface area contributed by atoms with Crippen molar-refractivity contribution in [1.82, 2.24) is 14.8 Å². The normalized spacial score (nSPS) is 15.8. The van der Waals surface area contributed by atoms with Gasteiger partial charge in [0.25, 0.3) is 0 Å². The van der Waals surface area contributed by atoms with Crippen LogP contribution in [0.4, 0.5) is 0 Å². The minimum absolute atomic E-state index is 0.161. The maximum atomic E-state index is 12.3. The molecule has 1 fully saturated rings. The highest BCUT2D eigenvalue weighted by atomic mass is 32.2. The molecule has 0 aliphatic carbocycles. The van der Waals surface area contributed by atoms with Crippen LogP contribution in [0.1, 0.15) is 19.0 Å². The lowest BCUT2D eigenvalue weighted by Crippen LogP contribution is -2.37. The van der Waals surface area contributed by atoms with Crippen LogP contribution in [-0.2, 0) is 20.1 Å². The molecule has 0 aromatic carbocycles. The highest BCUT2D eigenvalue weighted by Crippen LogP contribution is 2.12. The van der Waals surface area contributed by atoms with E-state index in [2.05, 4.69) is 9.88 Å². The number of esters is 1. The van der Waals surface area contributed by atoms with E-state index in [1.54, 1.807) is 18.0 Å². The lowest BCUT2D eigenvalue weighted by atomic mass is 10.4. The van der Waals surface area contributed by atoms with Crippen LogP contribution >= 0.6 is 11.8 Å². The van der Waals surface area contributed by atoms with Crippen LogP contribution in [0.25, 0.3) is 0 Å². The Morgan fingerprint density at radius 3 is 2.88 bits per heavy atom. The molecule has 0 radical (unpaired) electrons. The molecule has 0 N–H and O–H groups in total. The second-order valence-electron chi connectivity index (χ2n) is 5.63. The zero-order valence-electron chi connectivity index (χ0n) is 14.1. The molecule has 0 spiro atoms. The Bertz CT molecular complexity index is 527. The van der Waals surface area contributed by atoms with Gasteiger partial charge in [0.1, 0.15) is 0 Å². The van der Waals surface area contributed by atoms with Crippen LogP contribution in [0.3, 0.4) is 0 Å². The van der Waals surface area contributed by atoms with Crippen LogP contribution in [0, 0.1) is 0 Å². The Labute approximate surface area is 147 Å².